The third-order valence-corrected chi connectivity index (χ3v) is 4.44. The molecule has 1 heterocycles. The predicted octanol–water partition coefficient (Wildman–Crippen LogP) is 4.14. The normalized spacial score (nSPS) is 12.4. The Kier molecular flexibility index (Phi) is 4.95. The largest absolute Gasteiger partial charge is 0.497 e. The first-order valence-electron chi connectivity index (χ1n) is 8.34. The highest BCUT2D eigenvalue weighted by Gasteiger charge is 2.20. The van der Waals surface area contributed by atoms with E-state index < -0.39 is 5.97 Å². The predicted molar refractivity (Wildman–Crippen MR) is 98.2 cm³/mol. The molecule has 1 atom stereocenters. The van der Waals surface area contributed by atoms with Crippen molar-refractivity contribution in [3.63, 3.8) is 0 Å². The first-order chi connectivity index (χ1) is 12.5. The van der Waals surface area contributed by atoms with Crippen LogP contribution in [-0.2, 0) is 4.74 Å². The standard InChI is InChI=1S/C20H20O6/c1-4-5-16(25-3)14-9-12(24-2)10-15-18(21)13-8-11(20(22)23)6-7-17(13)26-19(14)15/h6-10,16H,4-5H2,1-3H3,(H,22,23). The van der Waals surface area contributed by atoms with Gasteiger partial charge in [-0.1, -0.05) is 13.3 Å². The van der Waals surface area contributed by atoms with Crippen molar-refractivity contribution in [2.75, 3.05) is 14.2 Å². The van der Waals surface area contributed by atoms with Gasteiger partial charge in [0.1, 0.15) is 16.9 Å². The van der Waals surface area contributed by atoms with Gasteiger partial charge in [0.2, 0.25) is 5.43 Å². The van der Waals surface area contributed by atoms with Crippen LogP contribution in [0.2, 0.25) is 0 Å². The summed E-state index contributed by atoms with van der Waals surface area (Å²) >= 11 is 0. The van der Waals surface area contributed by atoms with E-state index in [1.807, 2.05) is 13.0 Å². The molecule has 6 nitrogen and oxygen atoms in total. The van der Waals surface area contributed by atoms with Gasteiger partial charge in [-0.25, -0.2) is 4.79 Å². The highest BCUT2D eigenvalue weighted by atomic mass is 16.5. The molecule has 26 heavy (non-hydrogen) atoms. The Morgan fingerprint density at radius 2 is 1.96 bits per heavy atom. The zero-order valence-electron chi connectivity index (χ0n) is 14.9. The van der Waals surface area contributed by atoms with E-state index in [4.69, 9.17) is 19.0 Å². The van der Waals surface area contributed by atoms with Crippen molar-refractivity contribution in [1.82, 2.24) is 0 Å². The number of fused-ring (bicyclic) bond motifs is 2. The van der Waals surface area contributed by atoms with Crippen LogP contribution in [0.15, 0.2) is 39.5 Å². The smallest absolute Gasteiger partial charge is 0.335 e. The third kappa shape index (κ3) is 3.04. The Labute approximate surface area is 149 Å². The molecule has 0 radical (unpaired) electrons. The van der Waals surface area contributed by atoms with Gasteiger partial charge in [-0.15, -0.1) is 0 Å². The number of aromatic carboxylic acids is 1. The van der Waals surface area contributed by atoms with Gasteiger partial charge in [-0.2, -0.15) is 0 Å². The molecular weight excluding hydrogens is 336 g/mol. The van der Waals surface area contributed by atoms with E-state index in [0.717, 1.165) is 18.4 Å². The number of hydrogen-bond acceptors (Lipinski definition) is 5. The topological polar surface area (TPSA) is 86.0 Å². The number of methoxy groups -OCH3 is 2. The van der Waals surface area contributed by atoms with Crippen LogP contribution in [0.25, 0.3) is 21.9 Å². The number of carboxylic acids is 1. The molecule has 3 rings (SSSR count). The molecule has 2 aromatic carbocycles. The van der Waals surface area contributed by atoms with E-state index in [1.54, 1.807) is 13.2 Å². The molecule has 0 saturated carbocycles. The van der Waals surface area contributed by atoms with Crippen molar-refractivity contribution in [2.24, 2.45) is 0 Å². The summed E-state index contributed by atoms with van der Waals surface area (Å²) in [5, 5.41) is 9.73. The van der Waals surface area contributed by atoms with Crippen LogP contribution in [0.1, 0.15) is 41.8 Å². The number of hydrogen-bond donors (Lipinski definition) is 1. The molecule has 0 aliphatic heterocycles. The van der Waals surface area contributed by atoms with Gasteiger partial charge in [0.15, 0.2) is 0 Å². The summed E-state index contributed by atoms with van der Waals surface area (Å²) < 4.78 is 16.9. The minimum Gasteiger partial charge on any atom is -0.497 e. The molecule has 0 amide bonds. The number of carboxylic acid groups (broad SMARTS) is 1. The summed E-state index contributed by atoms with van der Waals surface area (Å²) in [6, 6.07) is 7.68. The van der Waals surface area contributed by atoms with Gasteiger partial charge >= 0.3 is 5.97 Å². The van der Waals surface area contributed by atoms with Crippen molar-refractivity contribution in [3.05, 3.63) is 51.7 Å². The molecule has 0 fully saturated rings. The Morgan fingerprint density at radius 1 is 1.19 bits per heavy atom. The van der Waals surface area contributed by atoms with Crippen LogP contribution >= 0.6 is 0 Å². The second-order valence-electron chi connectivity index (χ2n) is 6.05. The van der Waals surface area contributed by atoms with E-state index in [-0.39, 0.29) is 22.5 Å². The molecule has 0 saturated heterocycles. The molecule has 3 aromatic rings. The lowest BCUT2D eigenvalue weighted by Gasteiger charge is -2.17. The van der Waals surface area contributed by atoms with Crippen molar-refractivity contribution >= 4 is 27.9 Å². The van der Waals surface area contributed by atoms with Gasteiger partial charge in [-0.3, -0.25) is 4.79 Å². The number of rotatable bonds is 6. The number of carbonyl (C=O) groups is 1. The molecule has 1 unspecified atom stereocenters. The SMILES string of the molecule is CCCC(OC)c1cc(OC)cc2c(=O)c3cc(C(=O)O)ccc3oc12. The lowest BCUT2D eigenvalue weighted by atomic mass is 10.00. The van der Waals surface area contributed by atoms with Gasteiger partial charge < -0.3 is 19.0 Å². The average molecular weight is 356 g/mol. The fraction of sp³-hybridized carbons (Fsp3) is 0.300. The Morgan fingerprint density at radius 3 is 2.58 bits per heavy atom. The maximum absolute atomic E-state index is 13.0. The number of benzene rings is 2. The lowest BCUT2D eigenvalue weighted by Crippen LogP contribution is -2.08. The van der Waals surface area contributed by atoms with Crippen LogP contribution in [0.4, 0.5) is 0 Å². The minimum atomic E-state index is -1.10. The van der Waals surface area contributed by atoms with Crippen molar-refractivity contribution < 1.29 is 23.8 Å². The molecule has 0 bridgehead atoms. The number of ether oxygens (including phenoxy) is 2. The van der Waals surface area contributed by atoms with Crippen LogP contribution < -0.4 is 10.2 Å². The lowest BCUT2D eigenvalue weighted by molar-refractivity contribution is 0.0697. The van der Waals surface area contributed by atoms with Crippen LogP contribution in [0.5, 0.6) is 5.75 Å². The Bertz CT molecular complexity index is 1030. The van der Waals surface area contributed by atoms with Gasteiger partial charge in [0, 0.05) is 12.7 Å². The van der Waals surface area contributed by atoms with Crippen LogP contribution in [-0.4, -0.2) is 25.3 Å². The van der Waals surface area contributed by atoms with E-state index in [1.165, 1.54) is 25.3 Å². The fourth-order valence-electron chi connectivity index (χ4n) is 3.11. The minimum absolute atomic E-state index is 0.0352. The molecule has 6 heteroatoms. The molecule has 1 aromatic heterocycles. The summed E-state index contributed by atoms with van der Waals surface area (Å²) in [4.78, 5) is 24.2. The van der Waals surface area contributed by atoms with Gasteiger partial charge in [0.05, 0.1) is 29.5 Å². The first kappa shape index (κ1) is 17.9. The molecule has 0 aliphatic carbocycles. The van der Waals surface area contributed by atoms with E-state index in [2.05, 4.69) is 0 Å². The average Bonchev–Trinajstić information content (AvgIpc) is 2.65. The highest BCUT2D eigenvalue weighted by molar-refractivity contribution is 5.96. The molecule has 0 aliphatic rings. The molecule has 0 spiro atoms. The molecular formula is C20H20O6. The van der Waals surface area contributed by atoms with Crippen LogP contribution in [0, 0.1) is 0 Å². The third-order valence-electron chi connectivity index (χ3n) is 4.44. The van der Waals surface area contributed by atoms with Crippen molar-refractivity contribution in [1.29, 1.82) is 0 Å². The summed E-state index contributed by atoms with van der Waals surface area (Å²) in [6.07, 6.45) is 1.42. The second-order valence-corrected chi connectivity index (χ2v) is 6.05. The summed E-state index contributed by atoms with van der Waals surface area (Å²) in [5.74, 6) is -0.577. The monoisotopic (exact) mass is 356 g/mol. The first-order valence-corrected chi connectivity index (χ1v) is 8.34. The Hall–Kier alpha value is -2.86. The van der Waals surface area contributed by atoms with Gasteiger partial charge in [-0.05, 0) is 36.8 Å². The summed E-state index contributed by atoms with van der Waals surface area (Å²) in [6.45, 7) is 2.05. The van der Waals surface area contributed by atoms with Gasteiger partial charge in [0.25, 0.3) is 0 Å². The maximum atomic E-state index is 13.0. The maximum Gasteiger partial charge on any atom is 0.335 e. The summed E-state index contributed by atoms with van der Waals surface area (Å²) in [5.41, 5.74) is 1.26. The second kappa shape index (κ2) is 7.17. The zero-order chi connectivity index (χ0) is 18.8. The van der Waals surface area contributed by atoms with Crippen LogP contribution in [0.3, 0.4) is 0 Å². The van der Waals surface area contributed by atoms with Crippen molar-refractivity contribution in [3.8, 4) is 5.75 Å². The molecule has 1 N–H and O–H groups in total. The molecule has 136 valence electrons. The quantitative estimate of drug-likeness (QED) is 0.668. The van der Waals surface area contributed by atoms with E-state index in [9.17, 15) is 9.59 Å². The summed E-state index contributed by atoms with van der Waals surface area (Å²) in [7, 11) is 3.14. The van der Waals surface area contributed by atoms with E-state index >= 15 is 0 Å². The Balaban J connectivity index is 2.39. The van der Waals surface area contributed by atoms with E-state index in [0.29, 0.717) is 22.3 Å². The zero-order valence-corrected chi connectivity index (χ0v) is 14.9. The highest BCUT2D eigenvalue weighted by Crippen LogP contribution is 2.34. The van der Waals surface area contributed by atoms with Crippen molar-refractivity contribution in [2.45, 2.75) is 25.9 Å². The fourth-order valence-corrected chi connectivity index (χ4v) is 3.11.